The minimum Gasteiger partial charge on any atom is -0.330 e. The van der Waals surface area contributed by atoms with Gasteiger partial charge < -0.3 is 5.73 Å². The quantitative estimate of drug-likeness (QED) is 0.719. The molecule has 0 aromatic carbocycles. The number of hydrogen-bond donors (Lipinski definition) is 1. The van der Waals surface area contributed by atoms with Gasteiger partial charge in [0.05, 0.1) is 0 Å². The van der Waals surface area contributed by atoms with Gasteiger partial charge in [0.2, 0.25) is 0 Å². The van der Waals surface area contributed by atoms with E-state index in [2.05, 4.69) is 5.10 Å². The minimum atomic E-state index is 0.806. The average Bonchev–Trinajstić information content (AvgIpc) is 2.67. The Kier molecular flexibility index (Phi) is 2.13. The molecule has 1 saturated carbocycles. The summed E-state index contributed by atoms with van der Waals surface area (Å²) in [4.78, 5) is 0. The van der Waals surface area contributed by atoms with Crippen molar-refractivity contribution in [3.8, 4) is 0 Å². The van der Waals surface area contributed by atoms with E-state index in [1.807, 2.05) is 23.1 Å². The fourth-order valence-electron chi connectivity index (χ4n) is 1.68. The SMILES string of the molecule is NCC1CC1CCn1cccn1. The molecule has 3 nitrogen and oxygen atoms in total. The maximum Gasteiger partial charge on any atom is 0.0489 e. The largest absolute Gasteiger partial charge is 0.330 e. The summed E-state index contributed by atoms with van der Waals surface area (Å²) >= 11 is 0. The molecule has 2 atom stereocenters. The van der Waals surface area contributed by atoms with Gasteiger partial charge in [-0.3, -0.25) is 4.68 Å². The van der Waals surface area contributed by atoms with Crippen molar-refractivity contribution in [2.24, 2.45) is 17.6 Å². The lowest BCUT2D eigenvalue weighted by atomic mass is 10.2. The van der Waals surface area contributed by atoms with Crippen LogP contribution in [0.3, 0.4) is 0 Å². The number of hydrogen-bond acceptors (Lipinski definition) is 2. The molecule has 2 N–H and O–H groups in total. The second-order valence-corrected chi connectivity index (χ2v) is 3.55. The van der Waals surface area contributed by atoms with E-state index < -0.39 is 0 Å². The summed E-state index contributed by atoms with van der Waals surface area (Å²) in [6.07, 6.45) is 6.41. The van der Waals surface area contributed by atoms with Gasteiger partial charge in [0.25, 0.3) is 0 Å². The summed E-state index contributed by atoms with van der Waals surface area (Å²) in [5, 5.41) is 4.15. The molecule has 66 valence electrons. The third kappa shape index (κ3) is 1.67. The highest BCUT2D eigenvalue weighted by Crippen LogP contribution is 2.40. The highest BCUT2D eigenvalue weighted by Gasteiger charge is 2.34. The molecule has 2 rings (SSSR count). The zero-order valence-corrected chi connectivity index (χ0v) is 7.19. The molecule has 0 aliphatic heterocycles. The fourth-order valence-corrected chi connectivity index (χ4v) is 1.68. The van der Waals surface area contributed by atoms with Crippen molar-refractivity contribution < 1.29 is 0 Å². The van der Waals surface area contributed by atoms with Crippen molar-refractivity contribution in [1.29, 1.82) is 0 Å². The maximum atomic E-state index is 5.55. The Balaban J connectivity index is 1.71. The number of aromatic nitrogens is 2. The number of nitrogens with two attached hydrogens (primary N) is 1. The fraction of sp³-hybridized carbons (Fsp3) is 0.667. The molecule has 1 heterocycles. The Morgan fingerprint density at radius 3 is 3.00 bits per heavy atom. The normalized spacial score (nSPS) is 27.4. The lowest BCUT2D eigenvalue weighted by Gasteiger charge is -1.99. The lowest BCUT2D eigenvalue weighted by Crippen LogP contribution is -2.04. The molecule has 0 bridgehead atoms. The van der Waals surface area contributed by atoms with Crippen LogP contribution in [0.15, 0.2) is 18.5 Å². The molecule has 2 unspecified atom stereocenters. The molecular formula is C9H15N3. The molecule has 3 heteroatoms. The predicted molar refractivity (Wildman–Crippen MR) is 47.5 cm³/mol. The van der Waals surface area contributed by atoms with Crippen LogP contribution in [-0.4, -0.2) is 16.3 Å². The second kappa shape index (κ2) is 3.27. The summed E-state index contributed by atoms with van der Waals surface area (Å²) in [6.45, 7) is 1.91. The first kappa shape index (κ1) is 7.80. The molecule has 1 aliphatic carbocycles. The number of aryl methyl sites for hydroxylation is 1. The molecular weight excluding hydrogens is 150 g/mol. The van der Waals surface area contributed by atoms with Gasteiger partial charge in [0.15, 0.2) is 0 Å². The minimum absolute atomic E-state index is 0.806. The van der Waals surface area contributed by atoms with Crippen LogP contribution in [0.5, 0.6) is 0 Å². The standard InChI is InChI=1S/C9H15N3/c10-7-9-6-8(9)2-5-12-4-1-3-11-12/h1,3-4,8-9H,2,5-7,10H2. The van der Waals surface area contributed by atoms with Crippen molar-refractivity contribution >= 4 is 0 Å². The first-order valence-corrected chi connectivity index (χ1v) is 4.57. The first-order chi connectivity index (χ1) is 5.90. The first-order valence-electron chi connectivity index (χ1n) is 4.57. The van der Waals surface area contributed by atoms with Crippen molar-refractivity contribution in [2.45, 2.75) is 19.4 Å². The smallest absolute Gasteiger partial charge is 0.0489 e. The summed E-state index contributed by atoms with van der Waals surface area (Å²) in [5.41, 5.74) is 5.55. The van der Waals surface area contributed by atoms with Crippen molar-refractivity contribution in [2.75, 3.05) is 6.54 Å². The van der Waals surface area contributed by atoms with Gasteiger partial charge in [-0.05, 0) is 37.3 Å². The Hall–Kier alpha value is -0.830. The third-order valence-corrected chi connectivity index (χ3v) is 2.66. The van der Waals surface area contributed by atoms with E-state index in [1.165, 1.54) is 12.8 Å². The lowest BCUT2D eigenvalue weighted by molar-refractivity contribution is 0.525. The average molecular weight is 165 g/mol. The molecule has 0 saturated heterocycles. The molecule has 1 aromatic heterocycles. The van der Waals surface area contributed by atoms with Gasteiger partial charge in [-0.2, -0.15) is 5.10 Å². The number of rotatable bonds is 4. The Labute approximate surface area is 72.6 Å². The van der Waals surface area contributed by atoms with Crippen LogP contribution in [0.4, 0.5) is 0 Å². The topological polar surface area (TPSA) is 43.8 Å². The molecule has 0 spiro atoms. The highest BCUT2D eigenvalue weighted by molar-refractivity contribution is 4.87. The molecule has 1 aromatic rings. The third-order valence-electron chi connectivity index (χ3n) is 2.66. The van der Waals surface area contributed by atoms with E-state index in [0.29, 0.717) is 0 Å². The predicted octanol–water partition coefficient (Wildman–Crippen LogP) is 0.868. The van der Waals surface area contributed by atoms with Gasteiger partial charge in [0, 0.05) is 18.9 Å². The van der Waals surface area contributed by atoms with Crippen molar-refractivity contribution in [1.82, 2.24) is 9.78 Å². The Morgan fingerprint density at radius 1 is 1.50 bits per heavy atom. The van der Waals surface area contributed by atoms with Gasteiger partial charge in [-0.25, -0.2) is 0 Å². The van der Waals surface area contributed by atoms with E-state index in [-0.39, 0.29) is 0 Å². The summed E-state index contributed by atoms with van der Waals surface area (Å²) in [6, 6.07) is 1.97. The Bertz CT molecular complexity index is 230. The van der Waals surface area contributed by atoms with Crippen LogP contribution in [-0.2, 0) is 6.54 Å². The summed E-state index contributed by atoms with van der Waals surface area (Å²) in [5.74, 6) is 1.68. The van der Waals surface area contributed by atoms with E-state index in [4.69, 9.17) is 5.73 Å². The van der Waals surface area contributed by atoms with E-state index in [1.54, 1.807) is 0 Å². The van der Waals surface area contributed by atoms with Crippen LogP contribution in [0.2, 0.25) is 0 Å². The van der Waals surface area contributed by atoms with Crippen LogP contribution in [0.1, 0.15) is 12.8 Å². The van der Waals surface area contributed by atoms with Gasteiger partial charge >= 0.3 is 0 Å². The zero-order chi connectivity index (χ0) is 8.39. The highest BCUT2D eigenvalue weighted by atomic mass is 15.3. The van der Waals surface area contributed by atoms with Gasteiger partial charge in [0.1, 0.15) is 0 Å². The van der Waals surface area contributed by atoms with Crippen LogP contribution in [0, 0.1) is 11.8 Å². The van der Waals surface area contributed by atoms with E-state index >= 15 is 0 Å². The van der Waals surface area contributed by atoms with Gasteiger partial charge in [-0.15, -0.1) is 0 Å². The van der Waals surface area contributed by atoms with Crippen LogP contribution in [0.25, 0.3) is 0 Å². The van der Waals surface area contributed by atoms with E-state index in [0.717, 1.165) is 24.9 Å². The molecule has 1 fully saturated rings. The van der Waals surface area contributed by atoms with Crippen molar-refractivity contribution in [3.63, 3.8) is 0 Å². The van der Waals surface area contributed by atoms with Crippen LogP contribution < -0.4 is 5.73 Å². The van der Waals surface area contributed by atoms with Gasteiger partial charge in [-0.1, -0.05) is 0 Å². The molecule has 1 aliphatic rings. The van der Waals surface area contributed by atoms with E-state index in [9.17, 15) is 0 Å². The number of nitrogens with zero attached hydrogens (tertiary/aromatic N) is 2. The Morgan fingerprint density at radius 2 is 2.42 bits per heavy atom. The van der Waals surface area contributed by atoms with Crippen molar-refractivity contribution in [3.05, 3.63) is 18.5 Å². The van der Waals surface area contributed by atoms with Crippen LogP contribution >= 0.6 is 0 Å². The monoisotopic (exact) mass is 165 g/mol. The molecule has 12 heavy (non-hydrogen) atoms. The second-order valence-electron chi connectivity index (χ2n) is 3.55. The zero-order valence-electron chi connectivity index (χ0n) is 7.19. The summed E-state index contributed by atoms with van der Waals surface area (Å²) < 4.78 is 1.99. The molecule has 0 amide bonds. The maximum absolute atomic E-state index is 5.55. The summed E-state index contributed by atoms with van der Waals surface area (Å²) in [7, 11) is 0. The molecule has 0 radical (unpaired) electrons.